The summed E-state index contributed by atoms with van der Waals surface area (Å²) in [6.45, 7) is 0. The van der Waals surface area contributed by atoms with Crippen LogP contribution in [0.3, 0.4) is 0 Å². The van der Waals surface area contributed by atoms with E-state index >= 15 is 0 Å². The second-order valence-corrected chi connectivity index (χ2v) is 5.10. The summed E-state index contributed by atoms with van der Waals surface area (Å²) in [5.74, 6) is 0. The van der Waals surface area contributed by atoms with Crippen LogP contribution < -0.4 is 5.30 Å². The summed E-state index contributed by atoms with van der Waals surface area (Å²) in [4.78, 5) is 9.23. The lowest BCUT2D eigenvalue weighted by atomic mass is 10.1. The van der Waals surface area contributed by atoms with E-state index in [4.69, 9.17) is 11.6 Å². The Morgan fingerprint density at radius 1 is 1.00 bits per heavy atom. The van der Waals surface area contributed by atoms with Gasteiger partial charge in [0.15, 0.2) is 0 Å². The third-order valence-electron chi connectivity index (χ3n) is 2.54. The highest BCUT2D eigenvalue weighted by molar-refractivity contribution is 7.47. The lowest BCUT2D eigenvalue weighted by molar-refractivity contribution is 0.513. The Kier molecular flexibility index (Phi) is 3.90. The van der Waals surface area contributed by atoms with Crippen molar-refractivity contribution >= 4 is 24.9 Å². The Morgan fingerprint density at radius 3 is 2.24 bits per heavy atom. The average molecular weight is 266 g/mol. The van der Waals surface area contributed by atoms with Crippen molar-refractivity contribution in [2.75, 3.05) is 0 Å². The summed E-state index contributed by atoms with van der Waals surface area (Å²) in [6, 6.07) is 14.6. The molecule has 0 saturated carbocycles. The minimum atomic E-state index is -2.32. The largest absolute Gasteiger partial charge is 0.546 e. The number of rotatable bonds is 3. The summed E-state index contributed by atoms with van der Waals surface area (Å²) >= 11 is 6.07. The zero-order chi connectivity index (χ0) is 12.3. The van der Waals surface area contributed by atoms with E-state index in [1.165, 1.54) is 0 Å². The predicted molar refractivity (Wildman–Crippen MR) is 70.2 cm³/mol. The van der Waals surface area contributed by atoms with Crippen LogP contribution in [0, 0.1) is 0 Å². The van der Waals surface area contributed by atoms with Gasteiger partial charge in [-0.2, -0.15) is 4.89 Å². The molecular weight excluding hydrogens is 255 g/mol. The molecule has 1 unspecified atom stereocenters. The van der Waals surface area contributed by atoms with Crippen LogP contribution in [0.2, 0.25) is 5.02 Å². The van der Waals surface area contributed by atoms with Crippen molar-refractivity contribution in [1.29, 1.82) is 0 Å². The molecule has 0 spiro atoms. The highest BCUT2D eigenvalue weighted by Gasteiger charge is 2.21. The second kappa shape index (κ2) is 5.42. The van der Waals surface area contributed by atoms with Gasteiger partial charge in [0, 0.05) is 17.0 Å². The molecular formula is C13H11ClO2P+. The number of halogens is 1. The quantitative estimate of drug-likeness (QED) is 0.865. The zero-order valence-corrected chi connectivity index (χ0v) is 10.7. The van der Waals surface area contributed by atoms with Gasteiger partial charge in [0.05, 0.1) is 0 Å². The molecule has 86 valence electrons. The molecule has 0 saturated heterocycles. The van der Waals surface area contributed by atoms with Crippen molar-refractivity contribution in [3.8, 4) is 0 Å². The third-order valence-corrected chi connectivity index (χ3v) is 3.75. The van der Waals surface area contributed by atoms with E-state index in [2.05, 4.69) is 0 Å². The Hall–Kier alpha value is -1.21. The first-order valence-corrected chi connectivity index (χ1v) is 6.75. The summed E-state index contributed by atoms with van der Waals surface area (Å²) in [7, 11) is -2.32. The molecule has 0 amide bonds. The van der Waals surface area contributed by atoms with Crippen LogP contribution in [0.1, 0.15) is 11.1 Å². The lowest BCUT2D eigenvalue weighted by Crippen LogP contribution is -2.05. The molecule has 0 heterocycles. The van der Waals surface area contributed by atoms with Gasteiger partial charge in [0.1, 0.15) is 0 Å². The highest BCUT2D eigenvalue weighted by atomic mass is 35.5. The molecule has 17 heavy (non-hydrogen) atoms. The number of hydrogen-bond donors (Lipinski definition) is 1. The standard InChI is InChI=1S/C13H10ClO2P/c14-12-7-3-1-5-10(12)9-11-6-2-4-8-13(11)17(15)16/h1-8H,9H2/p+1. The smallest absolute Gasteiger partial charge is 0.156 e. The molecule has 2 rings (SSSR count). The van der Waals surface area contributed by atoms with Crippen LogP contribution in [-0.2, 0) is 11.0 Å². The zero-order valence-electron chi connectivity index (χ0n) is 9.01. The fraction of sp³-hybridized carbons (Fsp3) is 0.0769. The fourth-order valence-corrected chi connectivity index (χ4v) is 2.51. The SMILES string of the molecule is O=[P+](O)c1ccccc1Cc1ccccc1Cl. The first-order chi connectivity index (χ1) is 8.18. The van der Waals surface area contributed by atoms with Crippen molar-refractivity contribution in [3.63, 3.8) is 0 Å². The maximum atomic E-state index is 11.2. The summed E-state index contributed by atoms with van der Waals surface area (Å²) in [5.41, 5.74) is 1.79. The summed E-state index contributed by atoms with van der Waals surface area (Å²) < 4.78 is 11.2. The van der Waals surface area contributed by atoms with E-state index in [0.717, 1.165) is 11.1 Å². The van der Waals surface area contributed by atoms with E-state index in [1.54, 1.807) is 12.1 Å². The molecule has 2 aromatic rings. The Morgan fingerprint density at radius 2 is 1.59 bits per heavy atom. The molecule has 0 radical (unpaired) electrons. The second-order valence-electron chi connectivity index (χ2n) is 3.67. The molecule has 0 bridgehead atoms. The highest BCUT2D eigenvalue weighted by Crippen LogP contribution is 2.22. The first kappa shape index (κ1) is 12.3. The molecule has 0 aliphatic heterocycles. The maximum absolute atomic E-state index is 11.2. The van der Waals surface area contributed by atoms with Crippen LogP contribution >= 0.6 is 19.6 Å². The van der Waals surface area contributed by atoms with Crippen LogP contribution in [-0.4, -0.2) is 4.89 Å². The molecule has 0 aromatic heterocycles. The number of hydrogen-bond acceptors (Lipinski definition) is 1. The van der Waals surface area contributed by atoms with Gasteiger partial charge in [-0.1, -0.05) is 48.0 Å². The topological polar surface area (TPSA) is 37.3 Å². The van der Waals surface area contributed by atoms with Gasteiger partial charge in [0.2, 0.25) is 5.30 Å². The fourth-order valence-electron chi connectivity index (χ4n) is 1.69. The molecule has 2 nitrogen and oxygen atoms in total. The number of benzene rings is 2. The van der Waals surface area contributed by atoms with Crippen molar-refractivity contribution in [1.82, 2.24) is 0 Å². The first-order valence-electron chi connectivity index (χ1n) is 5.16. The molecule has 1 atom stereocenters. The van der Waals surface area contributed by atoms with Crippen LogP contribution in [0.4, 0.5) is 0 Å². The van der Waals surface area contributed by atoms with E-state index in [-0.39, 0.29) is 0 Å². The monoisotopic (exact) mass is 265 g/mol. The van der Waals surface area contributed by atoms with Gasteiger partial charge in [-0.05, 0) is 22.3 Å². The van der Waals surface area contributed by atoms with Gasteiger partial charge in [-0.3, -0.25) is 0 Å². The molecule has 0 aliphatic rings. The van der Waals surface area contributed by atoms with E-state index in [9.17, 15) is 9.46 Å². The normalized spacial score (nSPS) is 11.3. The van der Waals surface area contributed by atoms with Gasteiger partial charge in [-0.25, -0.2) is 0 Å². The molecule has 2 aromatic carbocycles. The Bertz CT molecular complexity index is 555. The average Bonchev–Trinajstić information content (AvgIpc) is 2.32. The van der Waals surface area contributed by atoms with Crippen LogP contribution in [0.15, 0.2) is 48.5 Å². The minimum Gasteiger partial charge on any atom is -0.156 e. The van der Waals surface area contributed by atoms with Crippen molar-refractivity contribution in [2.45, 2.75) is 6.42 Å². The minimum absolute atomic E-state index is 0.474. The van der Waals surface area contributed by atoms with Crippen LogP contribution in [0.25, 0.3) is 0 Å². The van der Waals surface area contributed by atoms with Crippen molar-refractivity contribution in [2.24, 2.45) is 0 Å². The van der Waals surface area contributed by atoms with Crippen molar-refractivity contribution < 1.29 is 9.46 Å². The summed E-state index contributed by atoms with van der Waals surface area (Å²) in [6.07, 6.45) is 0.567. The lowest BCUT2D eigenvalue weighted by Gasteiger charge is -2.03. The predicted octanol–water partition coefficient (Wildman–Crippen LogP) is 3.29. The van der Waals surface area contributed by atoms with E-state index in [1.807, 2.05) is 36.4 Å². The van der Waals surface area contributed by atoms with Crippen LogP contribution in [0.5, 0.6) is 0 Å². The Balaban J connectivity index is 2.37. The molecule has 4 heteroatoms. The summed E-state index contributed by atoms with van der Waals surface area (Å²) in [5, 5.41) is 1.15. The van der Waals surface area contributed by atoms with E-state index < -0.39 is 8.03 Å². The van der Waals surface area contributed by atoms with Gasteiger partial charge >= 0.3 is 8.03 Å². The molecule has 0 aliphatic carbocycles. The van der Waals surface area contributed by atoms with Gasteiger partial charge < -0.3 is 0 Å². The Labute approximate surface area is 106 Å². The molecule has 1 N–H and O–H groups in total. The third kappa shape index (κ3) is 2.92. The van der Waals surface area contributed by atoms with Gasteiger partial charge in [0.25, 0.3) is 0 Å². The van der Waals surface area contributed by atoms with Gasteiger partial charge in [-0.15, -0.1) is 0 Å². The van der Waals surface area contributed by atoms with E-state index in [0.29, 0.717) is 16.7 Å². The molecule has 0 fully saturated rings. The maximum Gasteiger partial charge on any atom is 0.546 e. The van der Waals surface area contributed by atoms with Crippen molar-refractivity contribution in [3.05, 3.63) is 64.7 Å².